The van der Waals surface area contributed by atoms with Crippen molar-refractivity contribution in [3.05, 3.63) is 208 Å². The number of carbonyl (C=O) groups excluding carboxylic acids is 3. The number of halogens is 9. The van der Waals surface area contributed by atoms with Gasteiger partial charge in [-0.25, -0.2) is 22.0 Å². The Kier molecular flexibility index (Phi) is 25.7. The number of nitrogens with zero attached hydrogens (tertiary/aromatic N) is 15. The number of benzene rings is 6. The molecule has 6 fully saturated rings. The van der Waals surface area contributed by atoms with E-state index in [0.717, 1.165) is 76.1 Å². The van der Waals surface area contributed by atoms with Gasteiger partial charge < -0.3 is 58.1 Å². The summed E-state index contributed by atoms with van der Waals surface area (Å²) in [7, 11) is 1.94. The number of carbonyl (C=O) groups is 3. The Morgan fingerprint density at radius 3 is 1.15 bits per heavy atom. The van der Waals surface area contributed by atoms with Crippen LogP contribution in [-0.4, -0.2) is 230 Å². The fourth-order valence-corrected chi connectivity index (χ4v) is 20.3. The van der Waals surface area contributed by atoms with Gasteiger partial charge in [0.25, 0.3) is 16.7 Å². The highest BCUT2D eigenvalue weighted by molar-refractivity contribution is 6.37. The number of likely N-dealkylation sites (N-methyl/N-ethyl adjacent to an activating group) is 1. The van der Waals surface area contributed by atoms with Crippen LogP contribution in [0.3, 0.4) is 0 Å². The molecule has 0 spiro atoms. The Hall–Kier alpha value is -11.5. The Morgan fingerprint density at radius 1 is 0.457 bits per heavy atom. The summed E-state index contributed by atoms with van der Waals surface area (Å²) in [6, 6.07) is 20.3. The van der Waals surface area contributed by atoms with Gasteiger partial charge in [0, 0.05) is 163 Å². The van der Waals surface area contributed by atoms with Gasteiger partial charge in [-0.3, -0.25) is 47.4 Å². The second-order valence-corrected chi connectivity index (χ2v) is 35.1. The maximum Gasteiger partial charge on any atom is 0.271 e. The van der Waals surface area contributed by atoms with Crippen molar-refractivity contribution in [3.63, 3.8) is 0 Å². The van der Waals surface area contributed by atoms with Crippen molar-refractivity contribution in [3.8, 4) is 68.8 Å². The van der Waals surface area contributed by atoms with E-state index < -0.39 is 57.8 Å². The second-order valence-electron chi connectivity index (χ2n) is 33.4. The lowest BCUT2D eigenvalue weighted by Gasteiger charge is -2.42. The molecule has 34 heteroatoms. The number of amides is 3. The number of pyridine rings is 3. The van der Waals surface area contributed by atoms with E-state index in [1.807, 2.05) is 42.5 Å². The minimum atomic E-state index is -0.827. The Bertz CT molecular complexity index is 6140. The number of piperazine rings is 3. The lowest BCUT2D eigenvalue weighted by Crippen LogP contribution is -2.54. The maximum atomic E-state index is 15.2. The monoisotopic (exact) mass is 1810 g/mol. The molecule has 18 rings (SSSR count). The number of likely N-dealkylation sites (tertiary alicyclic amines) is 2. The molecule has 25 nitrogen and oxygen atoms in total. The van der Waals surface area contributed by atoms with Crippen LogP contribution in [0.5, 0.6) is 17.2 Å². The number of nitriles is 3. The molecule has 3 unspecified atom stereocenters. The summed E-state index contributed by atoms with van der Waals surface area (Å²) in [6.07, 6.45) is 8.20. The molecule has 6 saturated heterocycles. The average Bonchev–Trinajstić information content (AvgIpc) is 0.719. The van der Waals surface area contributed by atoms with E-state index in [0.29, 0.717) is 152 Å². The number of ether oxygens (including phenoxy) is 4. The Balaban J connectivity index is 0.000000140. The van der Waals surface area contributed by atoms with Gasteiger partial charge in [-0.15, -0.1) is 0 Å². The maximum absolute atomic E-state index is 15.2. The number of aromatic nitrogens is 3. The predicted molar refractivity (Wildman–Crippen MR) is 478 cm³/mol. The van der Waals surface area contributed by atoms with Crippen LogP contribution >= 0.6 is 46.4 Å². The third-order valence-corrected chi connectivity index (χ3v) is 26.8. The molecule has 9 aliphatic rings. The first-order valence-electron chi connectivity index (χ1n) is 42.2. The van der Waals surface area contributed by atoms with Crippen LogP contribution in [0, 0.1) is 63.1 Å². The van der Waals surface area contributed by atoms with E-state index in [9.17, 15) is 53.3 Å². The van der Waals surface area contributed by atoms with Crippen molar-refractivity contribution in [1.29, 1.82) is 15.8 Å². The zero-order valence-electron chi connectivity index (χ0n) is 70.2. The average molecular weight is 1810 g/mol. The van der Waals surface area contributed by atoms with E-state index in [4.69, 9.17) is 65.4 Å². The van der Waals surface area contributed by atoms with Crippen LogP contribution in [0.15, 0.2) is 125 Å². The predicted octanol–water partition coefficient (Wildman–Crippen LogP) is 13.9. The molecule has 9 aromatic rings. The number of piperidine rings is 1. The van der Waals surface area contributed by atoms with Gasteiger partial charge in [0.05, 0.1) is 86.1 Å². The quantitative estimate of drug-likeness (QED) is 0.0643. The van der Waals surface area contributed by atoms with Crippen molar-refractivity contribution in [2.24, 2.45) is 0 Å². The molecule has 0 bridgehead atoms. The van der Waals surface area contributed by atoms with Crippen molar-refractivity contribution in [1.82, 2.24) is 43.1 Å². The van der Waals surface area contributed by atoms with Crippen LogP contribution in [0.25, 0.3) is 66.1 Å². The van der Waals surface area contributed by atoms with Crippen LogP contribution in [0.1, 0.15) is 81.3 Å². The molecule has 0 N–H and O–H groups in total. The summed E-state index contributed by atoms with van der Waals surface area (Å²) in [5.74, 6) is -3.50. The van der Waals surface area contributed by atoms with Crippen LogP contribution < -0.4 is 45.6 Å². The highest BCUT2D eigenvalue weighted by Gasteiger charge is 2.43. The summed E-state index contributed by atoms with van der Waals surface area (Å²) >= 11 is 26.9. The zero-order valence-corrected chi connectivity index (χ0v) is 73.2. The number of rotatable bonds is 16. The Labute approximate surface area is 748 Å². The summed E-state index contributed by atoms with van der Waals surface area (Å²) < 4.78 is 102. The van der Waals surface area contributed by atoms with Crippen LogP contribution in [-0.2, 0) is 19.1 Å². The van der Waals surface area contributed by atoms with Gasteiger partial charge in [0.2, 0.25) is 17.7 Å². The normalized spacial score (nSPS) is 20.3. The van der Waals surface area contributed by atoms with E-state index >= 15 is 13.2 Å². The lowest BCUT2D eigenvalue weighted by molar-refractivity contribution is -0.127. The molecular formula is C93H90Cl4F5N15O10. The number of anilines is 3. The van der Waals surface area contributed by atoms with Gasteiger partial charge in [-0.2, -0.15) is 15.8 Å². The molecule has 0 aliphatic carbocycles. The molecule has 3 amide bonds. The molecule has 127 heavy (non-hydrogen) atoms. The van der Waals surface area contributed by atoms with Gasteiger partial charge in [-0.1, -0.05) is 72.6 Å². The molecule has 0 radical (unpaired) electrons. The fourth-order valence-electron chi connectivity index (χ4n) is 19.3. The fraction of sp³-hybridized carbons (Fsp3) is 0.387. The standard InChI is InChI=1S/C32H32ClF2N5O3.C31H30ClF2N5O4.C30H28Cl2FN5O3/c1-3-27(41)38-11-12-39(19(2)16-38)29-23-14-25(33)28(22-8-7-20(34)13-26(22)35)31-30(23)40(32(42)24(29)15-36)21(18-43-31)17-37-9-5-4-6-10-37;1-4-26(40)37-7-8-38(17(2)12-37)28-22-10-24(32)27(21-6-5-18(33)9-25(21)34)30-29(22)39(31(41)23(28)11-35)19(16-43-30)13-36(3)20-14-42-15-20;1-3-25(39)36-9-10-37(17(2)14-36)27-21-12-23(32)26(20-11-18(31)5-6-24(20)33)29-28(21)38(30(40)22(27)13-34)19(16-41-29)15-35-7-4-8-35/h3,7-8,13-14,19,21H,1,4-6,9-12,16-18H2,2H3;4-6,9-10,17,19-20H,1,7-8,12-16H2,2-3H3;3,5-6,11-12,17,19H,1,4,7-10,14-16H2,2H3/t19-,21?;2*17-,19?/m000/s1. The van der Waals surface area contributed by atoms with Gasteiger partial charge in [-0.05, 0) is 152 Å². The molecular weight excluding hydrogens is 1720 g/mol. The summed E-state index contributed by atoms with van der Waals surface area (Å²) in [5, 5.41) is 33.5. The smallest absolute Gasteiger partial charge is 0.271 e. The molecule has 3 aromatic heterocycles. The first kappa shape index (κ1) is 88.9. The minimum absolute atomic E-state index is 0.00654. The molecule has 6 atom stereocenters. The summed E-state index contributed by atoms with van der Waals surface area (Å²) in [4.78, 5) is 97.3. The van der Waals surface area contributed by atoms with E-state index in [1.54, 1.807) is 46.6 Å². The molecule has 660 valence electrons. The topological polar surface area (TPSA) is 255 Å². The van der Waals surface area contributed by atoms with E-state index in [1.165, 1.54) is 48.6 Å². The van der Waals surface area contributed by atoms with Gasteiger partial charge >= 0.3 is 0 Å². The molecule has 0 saturated carbocycles. The van der Waals surface area contributed by atoms with Crippen molar-refractivity contribution in [2.75, 3.05) is 159 Å². The van der Waals surface area contributed by atoms with E-state index in [-0.39, 0.29) is 145 Å². The van der Waals surface area contributed by atoms with Crippen molar-refractivity contribution in [2.45, 2.75) is 88.7 Å². The molecule has 12 heterocycles. The van der Waals surface area contributed by atoms with Crippen LogP contribution in [0.4, 0.5) is 39.0 Å². The highest BCUT2D eigenvalue weighted by Crippen LogP contribution is 2.53. The molecule has 6 aromatic carbocycles. The number of hydrogen-bond donors (Lipinski definition) is 0. The van der Waals surface area contributed by atoms with Crippen LogP contribution in [0.2, 0.25) is 20.1 Å². The lowest BCUT2D eigenvalue weighted by atomic mass is 9.96. The first-order chi connectivity index (χ1) is 61.1. The minimum Gasteiger partial charge on any atom is -0.488 e. The zero-order chi connectivity index (χ0) is 90.0. The highest BCUT2D eigenvalue weighted by atomic mass is 35.5. The first-order valence-corrected chi connectivity index (χ1v) is 43.7. The largest absolute Gasteiger partial charge is 0.488 e. The van der Waals surface area contributed by atoms with Crippen molar-refractivity contribution < 1.29 is 55.3 Å². The van der Waals surface area contributed by atoms with Crippen molar-refractivity contribution >= 4 is 114 Å². The van der Waals surface area contributed by atoms with E-state index in [2.05, 4.69) is 52.6 Å². The van der Waals surface area contributed by atoms with Gasteiger partial charge in [0.1, 0.15) is 83.8 Å². The second kappa shape index (κ2) is 36.7. The summed E-state index contributed by atoms with van der Waals surface area (Å²) in [6.45, 7) is 26.6. The number of hydrogen-bond acceptors (Lipinski definition) is 19. The van der Waals surface area contributed by atoms with Gasteiger partial charge in [0.15, 0.2) is 17.2 Å². The molecule has 9 aliphatic heterocycles. The summed E-state index contributed by atoms with van der Waals surface area (Å²) in [5.41, 5.74) is 2.03. The third-order valence-electron chi connectivity index (χ3n) is 25.7. The third kappa shape index (κ3) is 16.4. The SMILES string of the molecule is C=CC(=O)N1CCN(c2c(C#N)c(=O)n3c4c(c(-c5cc(Cl)ccc5F)c(Cl)cc24)OCC3CN2CCC2)[C@@H](C)C1.C=CC(=O)N1CCN(c2c(C#N)c(=O)n3c4c(c(-c5ccc(F)cc5F)c(Cl)cc24)OCC3CN(C)C2COC2)[C@@H](C)C1.C=CC(=O)N1CCN(c2c(C#N)c(=O)n3c4c(c(-c5ccc(F)cc5F)c(Cl)cc24)OCC3CN2CCCCC2)[C@@H](C)C1. The Morgan fingerprint density at radius 2 is 0.819 bits per heavy atom.